The second-order valence-corrected chi connectivity index (χ2v) is 4.31. The molecule has 1 N–H and O–H groups in total. The van der Waals surface area contributed by atoms with Gasteiger partial charge in [-0.2, -0.15) is 0 Å². The van der Waals surface area contributed by atoms with E-state index in [2.05, 4.69) is 6.58 Å². The topological polar surface area (TPSA) is 38.7 Å². The molecular formula is C16H22O3. The minimum absolute atomic E-state index is 0.167. The standard InChI is InChI=1S/C16H22O3/c1-4-6-13(11-14(17)5-2)12-19-16-9-7-15(18-3)8-10-16/h4-10,13-14,17H,2,11-12H2,1,3H3/b6-4+/t13-,14-/m1/s1. The molecule has 19 heavy (non-hydrogen) atoms. The summed E-state index contributed by atoms with van der Waals surface area (Å²) >= 11 is 0. The molecule has 0 aromatic heterocycles. The first-order chi connectivity index (χ1) is 9.19. The molecule has 0 saturated heterocycles. The number of aliphatic hydroxyl groups excluding tert-OH is 1. The van der Waals surface area contributed by atoms with Crippen molar-refractivity contribution >= 4 is 0 Å². The molecule has 0 radical (unpaired) electrons. The van der Waals surface area contributed by atoms with Crippen molar-refractivity contribution in [1.29, 1.82) is 0 Å². The van der Waals surface area contributed by atoms with Gasteiger partial charge in [0.1, 0.15) is 11.5 Å². The molecule has 3 heteroatoms. The van der Waals surface area contributed by atoms with E-state index in [-0.39, 0.29) is 5.92 Å². The molecule has 0 unspecified atom stereocenters. The normalized spacial score (nSPS) is 14.1. The van der Waals surface area contributed by atoms with Crippen LogP contribution in [-0.2, 0) is 0 Å². The van der Waals surface area contributed by atoms with Gasteiger partial charge in [-0.3, -0.25) is 0 Å². The van der Waals surface area contributed by atoms with Crippen molar-refractivity contribution in [2.75, 3.05) is 13.7 Å². The molecular weight excluding hydrogens is 240 g/mol. The van der Waals surface area contributed by atoms with Crippen molar-refractivity contribution in [1.82, 2.24) is 0 Å². The third-order valence-electron chi connectivity index (χ3n) is 2.80. The van der Waals surface area contributed by atoms with Crippen LogP contribution in [0.25, 0.3) is 0 Å². The molecule has 1 aromatic carbocycles. The third kappa shape index (κ3) is 5.62. The highest BCUT2D eigenvalue weighted by Crippen LogP contribution is 2.19. The van der Waals surface area contributed by atoms with Gasteiger partial charge in [0.2, 0.25) is 0 Å². The molecule has 3 nitrogen and oxygen atoms in total. The molecule has 0 aliphatic rings. The van der Waals surface area contributed by atoms with E-state index >= 15 is 0 Å². The molecule has 1 rings (SSSR count). The second-order valence-electron chi connectivity index (χ2n) is 4.31. The Kier molecular flexibility index (Phi) is 6.75. The minimum atomic E-state index is -0.499. The van der Waals surface area contributed by atoms with Crippen molar-refractivity contribution in [2.24, 2.45) is 5.92 Å². The van der Waals surface area contributed by atoms with Gasteiger partial charge in [0, 0.05) is 5.92 Å². The second kappa shape index (κ2) is 8.38. The third-order valence-corrected chi connectivity index (χ3v) is 2.80. The molecule has 0 amide bonds. The number of benzene rings is 1. The first-order valence-corrected chi connectivity index (χ1v) is 6.40. The smallest absolute Gasteiger partial charge is 0.119 e. The Morgan fingerprint density at radius 3 is 2.42 bits per heavy atom. The average Bonchev–Trinajstić information content (AvgIpc) is 2.45. The van der Waals surface area contributed by atoms with E-state index in [1.54, 1.807) is 13.2 Å². The number of rotatable bonds is 8. The Hall–Kier alpha value is -1.74. The van der Waals surface area contributed by atoms with Crippen LogP contribution in [0.2, 0.25) is 0 Å². The first kappa shape index (κ1) is 15.3. The number of hydrogen-bond acceptors (Lipinski definition) is 3. The predicted octanol–water partition coefficient (Wildman–Crippen LogP) is 3.20. The zero-order valence-electron chi connectivity index (χ0n) is 11.6. The molecule has 1 aromatic rings. The molecule has 2 atom stereocenters. The molecule has 0 aliphatic carbocycles. The molecule has 0 bridgehead atoms. The quantitative estimate of drug-likeness (QED) is 0.731. The molecule has 0 saturated carbocycles. The zero-order valence-corrected chi connectivity index (χ0v) is 11.6. The summed E-state index contributed by atoms with van der Waals surface area (Å²) in [7, 11) is 1.63. The number of allylic oxidation sites excluding steroid dienone is 1. The van der Waals surface area contributed by atoms with Crippen LogP contribution in [0.15, 0.2) is 49.1 Å². The summed E-state index contributed by atoms with van der Waals surface area (Å²) in [6, 6.07) is 7.46. The molecule has 0 fully saturated rings. The van der Waals surface area contributed by atoms with Crippen molar-refractivity contribution in [3.05, 3.63) is 49.1 Å². The Morgan fingerprint density at radius 2 is 1.89 bits per heavy atom. The van der Waals surface area contributed by atoms with Gasteiger partial charge in [-0.05, 0) is 37.6 Å². The van der Waals surface area contributed by atoms with Crippen molar-refractivity contribution in [3.8, 4) is 11.5 Å². The van der Waals surface area contributed by atoms with E-state index < -0.39 is 6.10 Å². The fourth-order valence-corrected chi connectivity index (χ4v) is 1.76. The van der Waals surface area contributed by atoms with Crippen LogP contribution in [0, 0.1) is 5.92 Å². The van der Waals surface area contributed by atoms with Crippen LogP contribution >= 0.6 is 0 Å². The van der Waals surface area contributed by atoms with Gasteiger partial charge in [0.25, 0.3) is 0 Å². The Bertz CT molecular complexity index is 395. The monoisotopic (exact) mass is 262 g/mol. The van der Waals surface area contributed by atoms with Crippen LogP contribution in [-0.4, -0.2) is 24.9 Å². The summed E-state index contributed by atoms with van der Waals surface area (Å²) in [6.45, 7) is 6.07. The van der Waals surface area contributed by atoms with Crippen LogP contribution < -0.4 is 9.47 Å². The fraction of sp³-hybridized carbons (Fsp3) is 0.375. The maximum absolute atomic E-state index is 9.60. The Balaban J connectivity index is 2.52. The van der Waals surface area contributed by atoms with Gasteiger partial charge in [-0.25, -0.2) is 0 Å². The molecule has 0 aliphatic heterocycles. The summed E-state index contributed by atoms with van der Waals surface area (Å²) in [5.74, 6) is 1.77. The van der Waals surface area contributed by atoms with Crippen LogP contribution in [0.3, 0.4) is 0 Å². The molecule has 0 heterocycles. The van der Waals surface area contributed by atoms with Crippen molar-refractivity contribution in [3.63, 3.8) is 0 Å². The van der Waals surface area contributed by atoms with Gasteiger partial charge in [-0.15, -0.1) is 6.58 Å². The van der Waals surface area contributed by atoms with Gasteiger partial charge in [-0.1, -0.05) is 18.2 Å². The van der Waals surface area contributed by atoms with E-state index in [4.69, 9.17) is 9.47 Å². The van der Waals surface area contributed by atoms with E-state index in [1.807, 2.05) is 43.3 Å². The minimum Gasteiger partial charge on any atom is -0.497 e. The summed E-state index contributed by atoms with van der Waals surface area (Å²) in [5, 5.41) is 9.60. The SMILES string of the molecule is C=C[C@@H](O)C[C@@H](/C=C/C)COc1ccc(OC)cc1. The fourth-order valence-electron chi connectivity index (χ4n) is 1.76. The average molecular weight is 262 g/mol. The number of ether oxygens (including phenoxy) is 2. The highest BCUT2D eigenvalue weighted by atomic mass is 16.5. The molecule has 0 spiro atoms. The lowest BCUT2D eigenvalue weighted by Gasteiger charge is -2.16. The van der Waals surface area contributed by atoms with Crippen LogP contribution in [0.4, 0.5) is 0 Å². The lowest BCUT2D eigenvalue weighted by Crippen LogP contribution is -2.16. The van der Waals surface area contributed by atoms with E-state index in [0.717, 1.165) is 11.5 Å². The highest BCUT2D eigenvalue weighted by Gasteiger charge is 2.10. The highest BCUT2D eigenvalue weighted by molar-refractivity contribution is 5.31. The number of methoxy groups -OCH3 is 1. The summed E-state index contributed by atoms with van der Waals surface area (Å²) in [4.78, 5) is 0. The zero-order chi connectivity index (χ0) is 14.1. The van der Waals surface area contributed by atoms with Crippen molar-refractivity contribution < 1.29 is 14.6 Å². The van der Waals surface area contributed by atoms with E-state index in [1.165, 1.54) is 0 Å². The van der Waals surface area contributed by atoms with E-state index in [0.29, 0.717) is 13.0 Å². The Morgan fingerprint density at radius 1 is 1.26 bits per heavy atom. The van der Waals surface area contributed by atoms with E-state index in [9.17, 15) is 5.11 Å². The lowest BCUT2D eigenvalue weighted by molar-refractivity contribution is 0.172. The number of aliphatic hydroxyl groups is 1. The predicted molar refractivity (Wildman–Crippen MR) is 77.6 cm³/mol. The van der Waals surface area contributed by atoms with Gasteiger partial charge in [0.05, 0.1) is 19.8 Å². The van der Waals surface area contributed by atoms with Gasteiger partial charge >= 0.3 is 0 Å². The summed E-state index contributed by atoms with van der Waals surface area (Å²) < 4.78 is 10.8. The number of hydrogen-bond donors (Lipinski definition) is 1. The van der Waals surface area contributed by atoms with Crippen LogP contribution in [0.1, 0.15) is 13.3 Å². The maximum Gasteiger partial charge on any atom is 0.119 e. The first-order valence-electron chi connectivity index (χ1n) is 6.40. The summed E-state index contributed by atoms with van der Waals surface area (Å²) in [6.07, 6.45) is 5.67. The lowest BCUT2D eigenvalue weighted by atomic mass is 10.0. The Labute approximate surface area is 115 Å². The van der Waals surface area contributed by atoms with Gasteiger partial charge < -0.3 is 14.6 Å². The molecule has 104 valence electrons. The van der Waals surface area contributed by atoms with Crippen LogP contribution in [0.5, 0.6) is 11.5 Å². The van der Waals surface area contributed by atoms with Gasteiger partial charge in [0.15, 0.2) is 0 Å². The maximum atomic E-state index is 9.60. The van der Waals surface area contributed by atoms with Crippen molar-refractivity contribution in [2.45, 2.75) is 19.4 Å². The largest absolute Gasteiger partial charge is 0.497 e. The summed E-state index contributed by atoms with van der Waals surface area (Å²) in [5.41, 5.74) is 0.